The molecule has 5 heteroatoms. The third kappa shape index (κ3) is 3.67. The van der Waals surface area contributed by atoms with Crippen LogP contribution in [0.15, 0.2) is 29.1 Å². The van der Waals surface area contributed by atoms with Gasteiger partial charge in [-0.25, -0.2) is 0 Å². The summed E-state index contributed by atoms with van der Waals surface area (Å²) < 4.78 is 5.65. The van der Waals surface area contributed by atoms with Crippen LogP contribution in [0.1, 0.15) is 37.3 Å². The average Bonchev–Trinajstić information content (AvgIpc) is 3.07. The fraction of sp³-hybridized carbons (Fsp3) is 0.474. The van der Waals surface area contributed by atoms with Gasteiger partial charge in [-0.05, 0) is 43.4 Å². The van der Waals surface area contributed by atoms with E-state index in [-0.39, 0.29) is 17.6 Å². The number of pyridine rings is 1. The molecule has 0 bridgehead atoms. The molecule has 5 nitrogen and oxygen atoms in total. The van der Waals surface area contributed by atoms with Crippen molar-refractivity contribution in [3.8, 4) is 0 Å². The Morgan fingerprint density at radius 3 is 2.92 bits per heavy atom. The number of aryl methyl sites for hydroxylation is 1. The highest BCUT2D eigenvalue weighted by molar-refractivity contribution is 5.80. The zero-order valence-electron chi connectivity index (χ0n) is 14.3. The van der Waals surface area contributed by atoms with Gasteiger partial charge < -0.3 is 14.6 Å². The lowest BCUT2D eigenvalue weighted by Crippen LogP contribution is -2.37. The monoisotopic (exact) mass is 328 g/mol. The fourth-order valence-corrected chi connectivity index (χ4v) is 3.21. The maximum atomic E-state index is 12.4. The van der Waals surface area contributed by atoms with E-state index in [1.165, 1.54) is 0 Å². The molecule has 0 aliphatic carbocycles. The van der Waals surface area contributed by atoms with Crippen LogP contribution >= 0.6 is 0 Å². The Morgan fingerprint density at radius 1 is 1.38 bits per heavy atom. The maximum Gasteiger partial charge on any atom is 0.253 e. The van der Waals surface area contributed by atoms with E-state index in [2.05, 4.69) is 4.98 Å². The van der Waals surface area contributed by atoms with Gasteiger partial charge in [-0.2, -0.15) is 0 Å². The predicted molar refractivity (Wildman–Crippen MR) is 94.0 cm³/mol. The summed E-state index contributed by atoms with van der Waals surface area (Å²) in [6.45, 7) is 5.51. The van der Waals surface area contributed by atoms with E-state index in [1.807, 2.05) is 38.1 Å². The van der Waals surface area contributed by atoms with E-state index >= 15 is 0 Å². The predicted octanol–water partition coefficient (Wildman–Crippen LogP) is 2.75. The minimum absolute atomic E-state index is 0.0502. The summed E-state index contributed by atoms with van der Waals surface area (Å²) in [5.74, 6) is 0.0502. The number of amides is 1. The molecule has 24 heavy (non-hydrogen) atoms. The highest BCUT2D eigenvalue weighted by atomic mass is 16.5. The van der Waals surface area contributed by atoms with Crippen LogP contribution < -0.4 is 5.56 Å². The molecule has 2 aromatic rings. The van der Waals surface area contributed by atoms with Crippen LogP contribution in [-0.4, -0.2) is 35.0 Å². The number of fused-ring (bicyclic) bond motifs is 1. The van der Waals surface area contributed by atoms with Gasteiger partial charge in [-0.15, -0.1) is 0 Å². The number of nitrogens with zero attached hydrogens (tertiary/aromatic N) is 1. The summed E-state index contributed by atoms with van der Waals surface area (Å²) in [5, 5.41) is 0.991. The quantitative estimate of drug-likeness (QED) is 0.918. The summed E-state index contributed by atoms with van der Waals surface area (Å²) in [6, 6.07) is 7.83. The van der Waals surface area contributed by atoms with Crippen molar-refractivity contribution in [3.05, 3.63) is 45.7 Å². The summed E-state index contributed by atoms with van der Waals surface area (Å²) in [6.07, 6.45) is 2.52. The van der Waals surface area contributed by atoms with Crippen molar-refractivity contribution in [2.24, 2.45) is 0 Å². The molecule has 0 spiro atoms. The lowest BCUT2D eigenvalue weighted by atomic mass is 10.1. The number of hydrogen-bond donors (Lipinski definition) is 1. The van der Waals surface area contributed by atoms with Gasteiger partial charge in [0.1, 0.15) is 0 Å². The lowest BCUT2D eigenvalue weighted by molar-refractivity contribution is -0.133. The Hall–Kier alpha value is -2.14. The maximum absolute atomic E-state index is 12.4. The minimum atomic E-state index is -0.132. The Kier molecular flexibility index (Phi) is 5.00. The third-order valence-electron chi connectivity index (χ3n) is 4.54. The molecule has 0 unspecified atom stereocenters. The van der Waals surface area contributed by atoms with E-state index in [1.54, 1.807) is 4.90 Å². The molecule has 0 saturated carbocycles. The van der Waals surface area contributed by atoms with E-state index in [4.69, 9.17) is 4.74 Å². The van der Waals surface area contributed by atoms with Crippen LogP contribution in [0.4, 0.5) is 0 Å². The van der Waals surface area contributed by atoms with Crippen LogP contribution in [0.25, 0.3) is 10.9 Å². The number of aromatic nitrogens is 1. The van der Waals surface area contributed by atoms with Gasteiger partial charge in [0.05, 0.1) is 12.6 Å². The molecular weight excluding hydrogens is 304 g/mol. The Balaban J connectivity index is 1.87. The van der Waals surface area contributed by atoms with E-state index in [0.29, 0.717) is 25.1 Å². The lowest BCUT2D eigenvalue weighted by Gasteiger charge is -2.25. The molecular formula is C19H24N2O3. The molecule has 1 aliphatic rings. The number of carbonyl (C=O) groups is 1. The van der Waals surface area contributed by atoms with Crippen molar-refractivity contribution >= 4 is 16.8 Å². The molecule has 3 rings (SSSR count). The standard InChI is InChI=1S/C19H24N2O3/c1-3-18(22)21(12-16-5-4-8-24-16)11-15-10-14-9-13(2)6-7-17(14)20-19(15)23/h6-7,9-10,16H,3-5,8,11-12H2,1-2H3,(H,20,23)/t16-/m0/s1. The van der Waals surface area contributed by atoms with Gasteiger partial charge in [0.2, 0.25) is 5.91 Å². The third-order valence-corrected chi connectivity index (χ3v) is 4.54. The van der Waals surface area contributed by atoms with E-state index in [0.717, 1.165) is 35.9 Å². The SMILES string of the molecule is CCC(=O)N(Cc1cc2cc(C)ccc2[nH]c1=O)C[C@@H]1CCCO1. The summed E-state index contributed by atoms with van der Waals surface area (Å²) in [5.41, 5.74) is 2.45. The second-order valence-electron chi connectivity index (χ2n) is 6.48. The molecule has 1 aromatic carbocycles. The molecule has 1 fully saturated rings. The molecule has 2 heterocycles. The molecule has 1 aliphatic heterocycles. The molecule has 1 atom stereocenters. The van der Waals surface area contributed by atoms with Crippen molar-refractivity contribution in [1.82, 2.24) is 9.88 Å². The normalized spacial score (nSPS) is 17.3. The van der Waals surface area contributed by atoms with Crippen molar-refractivity contribution in [1.29, 1.82) is 0 Å². The fourth-order valence-electron chi connectivity index (χ4n) is 3.21. The number of hydrogen-bond acceptors (Lipinski definition) is 3. The first kappa shape index (κ1) is 16.7. The Labute approximate surface area is 141 Å². The van der Waals surface area contributed by atoms with Crippen molar-refractivity contribution in [3.63, 3.8) is 0 Å². The van der Waals surface area contributed by atoms with Gasteiger partial charge in [0.15, 0.2) is 0 Å². The highest BCUT2D eigenvalue weighted by Crippen LogP contribution is 2.17. The number of carbonyl (C=O) groups excluding carboxylic acids is 1. The number of ether oxygens (including phenoxy) is 1. The minimum Gasteiger partial charge on any atom is -0.376 e. The van der Waals surface area contributed by atoms with Crippen LogP contribution in [0.3, 0.4) is 0 Å². The second-order valence-corrected chi connectivity index (χ2v) is 6.48. The number of aromatic amines is 1. The Bertz CT molecular complexity index is 791. The van der Waals surface area contributed by atoms with Gasteiger partial charge in [-0.1, -0.05) is 18.6 Å². The smallest absolute Gasteiger partial charge is 0.253 e. The summed E-state index contributed by atoms with van der Waals surface area (Å²) >= 11 is 0. The Morgan fingerprint density at radius 2 is 2.21 bits per heavy atom. The largest absolute Gasteiger partial charge is 0.376 e. The highest BCUT2D eigenvalue weighted by Gasteiger charge is 2.22. The zero-order chi connectivity index (χ0) is 17.1. The first-order valence-electron chi connectivity index (χ1n) is 8.58. The molecule has 1 N–H and O–H groups in total. The molecule has 0 radical (unpaired) electrons. The molecule has 1 amide bonds. The van der Waals surface area contributed by atoms with Crippen LogP contribution in [0.5, 0.6) is 0 Å². The van der Waals surface area contributed by atoms with Crippen LogP contribution in [-0.2, 0) is 16.1 Å². The second kappa shape index (κ2) is 7.18. The number of benzene rings is 1. The number of rotatable bonds is 5. The first-order valence-corrected chi connectivity index (χ1v) is 8.58. The number of H-pyrrole nitrogens is 1. The van der Waals surface area contributed by atoms with Gasteiger partial charge in [0.25, 0.3) is 5.56 Å². The van der Waals surface area contributed by atoms with E-state index < -0.39 is 0 Å². The van der Waals surface area contributed by atoms with Crippen LogP contribution in [0, 0.1) is 6.92 Å². The van der Waals surface area contributed by atoms with Gasteiger partial charge in [0, 0.05) is 30.7 Å². The van der Waals surface area contributed by atoms with Crippen molar-refractivity contribution in [2.75, 3.05) is 13.2 Å². The molecule has 1 saturated heterocycles. The van der Waals surface area contributed by atoms with Crippen LogP contribution in [0.2, 0.25) is 0 Å². The van der Waals surface area contributed by atoms with Gasteiger partial charge in [-0.3, -0.25) is 9.59 Å². The first-order chi connectivity index (χ1) is 11.6. The summed E-state index contributed by atoms with van der Waals surface area (Å²) in [7, 11) is 0. The topological polar surface area (TPSA) is 62.4 Å². The average molecular weight is 328 g/mol. The molecule has 128 valence electrons. The summed E-state index contributed by atoms with van der Waals surface area (Å²) in [4.78, 5) is 29.3. The number of nitrogens with one attached hydrogen (secondary N) is 1. The van der Waals surface area contributed by atoms with Crippen molar-refractivity contribution < 1.29 is 9.53 Å². The van der Waals surface area contributed by atoms with E-state index in [9.17, 15) is 9.59 Å². The molecule has 1 aromatic heterocycles. The zero-order valence-corrected chi connectivity index (χ0v) is 14.3. The van der Waals surface area contributed by atoms with Crippen molar-refractivity contribution in [2.45, 2.75) is 45.8 Å². The van der Waals surface area contributed by atoms with Gasteiger partial charge >= 0.3 is 0 Å².